The largest absolute Gasteiger partial charge is 0.325 e. The summed E-state index contributed by atoms with van der Waals surface area (Å²) in [7, 11) is 0. The molecule has 2 heterocycles. The van der Waals surface area contributed by atoms with Crippen LogP contribution in [0.2, 0.25) is 0 Å². The van der Waals surface area contributed by atoms with E-state index in [2.05, 4.69) is 15.3 Å². The zero-order valence-corrected chi connectivity index (χ0v) is 9.02. The lowest BCUT2D eigenvalue weighted by Crippen LogP contribution is -2.27. The summed E-state index contributed by atoms with van der Waals surface area (Å²) < 4.78 is 0. The monoisotopic (exact) mass is 210 g/mol. The fraction of sp³-hybridized carbons (Fsp3) is 0.556. The SMILES string of the molecule is CSc1nc(CN)c2c(n1)CNCC2. The van der Waals surface area contributed by atoms with E-state index >= 15 is 0 Å². The molecule has 0 saturated heterocycles. The first-order valence-electron chi connectivity index (χ1n) is 4.68. The van der Waals surface area contributed by atoms with E-state index in [1.807, 2.05) is 6.26 Å². The summed E-state index contributed by atoms with van der Waals surface area (Å²) in [5.41, 5.74) is 9.07. The van der Waals surface area contributed by atoms with Crippen molar-refractivity contribution in [2.24, 2.45) is 5.73 Å². The average Bonchev–Trinajstić information content (AvgIpc) is 2.27. The highest BCUT2D eigenvalue weighted by molar-refractivity contribution is 7.98. The van der Waals surface area contributed by atoms with Gasteiger partial charge in [-0.1, -0.05) is 11.8 Å². The van der Waals surface area contributed by atoms with Crippen LogP contribution in [0.4, 0.5) is 0 Å². The van der Waals surface area contributed by atoms with Crippen LogP contribution in [-0.2, 0) is 19.5 Å². The van der Waals surface area contributed by atoms with Gasteiger partial charge in [0.05, 0.1) is 11.4 Å². The molecule has 4 nitrogen and oxygen atoms in total. The van der Waals surface area contributed by atoms with Gasteiger partial charge < -0.3 is 11.1 Å². The van der Waals surface area contributed by atoms with E-state index < -0.39 is 0 Å². The van der Waals surface area contributed by atoms with Crippen LogP contribution in [0.1, 0.15) is 17.0 Å². The van der Waals surface area contributed by atoms with Gasteiger partial charge in [-0.05, 0) is 24.8 Å². The number of rotatable bonds is 2. The molecule has 14 heavy (non-hydrogen) atoms. The van der Waals surface area contributed by atoms with Crippen LogP contribution >= 0.6 is 11.8 Å². The third kappa shape index (κ3) is 1.75. The maximum atomic E-state index is 5.68. The van der Waals surface area contributed by atoms with Gasteiger partial charge in [-0.3, -0.25) is 0 Å². The number of aromatic nitrogens is 2. The summed E-state index contributed by atoms with van der Waals surface area (Å²) in [6.45, 7) is 2.36. The van der Waals surface area contributed by atoms with Crippen LogP contribution in [0, 0.1) is 0 Å². The number of hydrogen-bond donors (Lipinski definition) is 2. The van der Waals surface area contributed by atoms with E-state index in [1.165, 1.54) is 5.56 Å². The summed E-state index contributed by atoms with van der Waals surface area (Å²) in [5, 5.41) is 4.13. The van der Waals surface area contributed by atoms with E-state index in [1.54, 1.807) is 11.8 Å². The van der Waals surface area contributed by atoms with Gasteiger partial charge in [-0.25, -0.2) is 9.97 Å². The molecule has 1 aliphatic heterocycles. The standard InChI is InChI=1S/C9H14N4S/c1-14-9-12-7(4-10)6-2-3-11-5-8(6)13-9/h11H,2-5,10H2,1H3. The van der Waals surface area contributed by atoms with E-state index in [0.717, 1.165) is 36.1 Å². The molecule has 0 saturated carbocycles. The van der Waals surface area contributed by atoms with Crippen molar-refractivity contribution < 1.29 is 0 Å². The summed E-state index contributed by atoms with van der Waals surface area (Å²) in [6.07, 6.45) is 2.98. The molecule has 3 N–H and O–H groups in total. The van der Waals surface area contributed by atoms with Crippen LogP contribution < -0.4 is 11.1 Å². The van der Waals surface area contributed by atoms with Crippen molar-refractivity contribution in [3.8, 4) is 0 Å². The molecule has 1 aromatic heterocycles. The molecule has 0 atom stereocenters. The van der Waals surface area contributed by atoms with Crippen molar-refractivity contribution in [3.63, 3.8) is 0 Å². The van der Waals surface area contributed by atoms with Gasteiger partial charge in [0.2, 0.25) is 0 Å². The van der Waals surface area contributed by atoms with Crippen LogP contribution in [0.3, 0.4) is 0 Å². The highest BCUT2D eigenvalue weighted by Crippen LogP contribution is 2.18. The third-order valence-corrected chi connectivity index (χ3v) is 2.93. The number of nitrogens with two attached hydrogens (primary N) is 1. The molecule has 0 amide bonds. The Kier molecular flexibility index (Phi) is 3.00. The van der Waals surface area contributed by atoms with Gasteiger partial charge in [0.15, 0.2) is 5.16 Å². The van der Waals surface area contributed by atoms with Gasteiger partial charge in [-0.2, -0.15) is 0 Å². The highest BCUT2D eigenvalue weighted by Gasteiger charge is 2.15. The van der Waals surface area contributed by atoms with Crippen molar-refractivity contribution in [1.82, 2.24) is 15.3 Å². The van der Waals surface area contributed by atoms with Gasteiger partial charge in [0, 0.05) is 13.1 Å². The number of nitrogens with one attached hydrogen (secondary N) is 1. The highest BCUT2D eigenvalue weighted by atomic mass is 32.2. The molecule has 0 aromatic carbocycles. The lowest BCUT2D eigenvalue weighted by molar-refractivity contribution is 0.602. The number of hydrogen-bond acceptors (Lipinski definition) is 5. The zero-order chi connectivity index (χ0) is 9.97. The first-order chi connectivity index (χ1) is 6.85. The van der Waals surface area contributed by atoms with Crippen molar-refractivity contribution in [3.05, 3.63) is 17.0 Å². The quantitative estimate of drug-likeness (QED) is 0.543. The van der Waals surface area contributed by atoms with Crippen molar-refractivity contribution >= 4 is 11.8 Å². The average molecular weight is 210 g/mol. The Hall–Kier alpha value is -0.650. The van der Waals surface area contributed by atoms with Gasteiger partial charge in [0.1, 0.15) is 0 Å². The second-order valence-corrected chi connectivity index (χ2v) is 3.99. The maximum Gasteiger partial charge on any atom is 0.187 e. The molecule has 1 aromatic rings. The Bertz CT molecular complexity index is 323. The zero-order valence-electron chi connectivity index (χ0n) is 8.21. The fourth-order valence-electron chi connectivity index (χ4n) is 1.67. The molecule has 76 valence electrons. The van der Waals surface area contributed by atoms with Crippen molar-refractivity contribution in [2.45, 2.75) is 24.7 Å². The molecule has 0 spiro atoms. The topological polar surface area (TPSA) is 63.8 Å². The summed E-state index contributed by atoms with van der Waals surface area (Å²) in [6, 6.07) is 0. The molecular formula is C9H14N4S. The van der Waals surface area contributed by atoms with Crippen LogP contribution in [0.25, 0.3) is 0 Å². The van der Waals surface area contributed by atoms with E-state index in [0.29, 0.717) is 6.54 Å². The first kappa shape index (κ1) is 9.89. The Labute approximate surface area is 87.7 Å². The molecule has 0 aliphatic carbocycles. The Morgan fingerprint density at radius 3 is 3.07 bits per heavy atom. The lowest BCUT2D eigenvalue weighted by Gasteiger charge is -2.18. The van der Waals surface area contributed by atoms with Gasteiger partial charge >= 0.3 is 0 Å². The molecule has 1 aliphatic rings. The maximum absolute atomic E-state index is 5.68. The summed E-state index contributed by atoms with van der Waals surface area (Å²) in [5.74, 6) is 0. The Balaban J connectivity index is 2.47. The second-order valence-electron chi connectivity index (χ2n) is 3.21. The lowest BCUT2D eigenvalue weighted by atomic mass is 10.0. The third-order valence-electron chi connectivity index (χ3n) is 2.38. The molecule has 5 heteroatoms. The minimum Gasteiger partial charge on any atom is -0.325 e. The van der Waals surface area contributed by atoms with Crippen LogP contribution in [-0.4, -0.2) is 22.8 Å². The number of thioether (sulfide) groups is 1. The molecular weight excluding hydrogens is 196 g/mol. The van der Waals surface area contributed by atoms with Crippen LogP contribution in [0.15, 0.2) is 5.16 Å². The van der Waals surface area contributed by atoms with E-state index in [4.69, 9.17) is 5.73 Å². The second kappa shape index (κ2) is 4.25. The number of fused-ring (bicyclic) bond motifs is 1. The van der Waals surface area contributed by atoms with E-state index in [-0.39, 0.29) is 0 Å². The molecule has 0 fully saturated rings. The summed E-state index contributed by atoms with van der Waals surface area (Å²) >= 11 is 1.57. The van der Waals surface area contributed by atoms with Crippen molar-refractivity contribution in [1.29, 1.82) is 0 Å². The van der Waals surface area contributed by atoms with Gasteiger partial charge in [0.25, 0.3) is 0 Å². The summed E-state index contributed by atoms with van der Waals surface area (Å²) in [4.78, 5) is 8.90. The molecule has 0 radical (unpaired) electrons. The Morgan fingerprint density at radius 2 is 2.36 bits per heavy atom. The Morgan fingerprint density at radius 1 is 1.50 bits per heavy atom. The van der Waals surface area contributed by atoms with Crippen LogP contribution in [0.5, 0.6) is 0 Å². The minimum atomic E-state index is 0.512. The molecule has 2 rings (SSSR count). The normalized spacial score (nSPS) is 15.3. The van der Waals surface area contributed by atoms with E-state index in [9.17, 15) is 0 Å². The number of nitrogens with zero attached hydrogens (tertiary/aromatic N) is 2. The van der Waals surface area contributed by atoms with Gasteiger partial charge in [-0.15, -0.1) is 0 Å². The predicted molar refractivity (Wildman–Crippen MR) is 57.1 cm³/mol. The minimum absolute atomic E-state index is 0.512. The first-order valence-corrected chi connectivity index (χ1v) is 5.91. The predicted octanol–water partition coefficient (Wildman–Crippen LogP) is 0.303. The van der Waals surface area contributed by atoms with Crippen molar-refractivity contribution in [2.75, 3.05) is 12.8 Å². The smallest absolute Gasteiger partial charge is 0.187 e. The molecule has 0 bridgehead atoms. The fourth-order valence-corrected chi connectivity index (χ4v) is 2.08. The molecule has 0 unspecified atom stereocenters.